The van der Waals surface area contributed by atoms with Crippen molar-refractivity contribution in [1.29, 1.82) is 0 Å². The van der Waals surface area contributed by atoms with Crippen LogP contribution in [0.3, 0.4) is 0 Å². The van der Waals surface area contributed by atoms with Gasteiger partial charge < -0.3 is 10.0 Å². The van der Waals surface area contributed by atoms with Crippen molar-refractivity contribution in [1.82, 2.24) is 4.90 Å². The van der Waals surface area contributed by atoms with Gasteiger partial charge in [-0.3, -0.25) is 9.59 Å². The van der Waals surface area contributed by atoms with E-state index in [0.29, 0.717) is 0 Å². The predicted octanol–water partition coefficient (Wildman–Crippen LogP) is 2.65. The number of hydrogen-bond donors (Lipinski definition) is 1. The Morgan fingerprint density at radius 2 is 1.70 bits per heavy atom. The summed E-state index contributed by atoms with van der Waals surface area (Å²) < 4.78 is 0. The fourth-order valence-corrected chi connectivity index (χ4v) is 2.73. The Hall–Kier alpha value is -1.84. The van der Waals surface area contributed by atoms with E-state index in [-0.39, 0.29) is 24.7 Å². The third-order valence-electron chi connectivity index (χ3n) is 3.82. The molecule has 20 heavy (non-hydrogen) atoms. The van der Waals surface area contributed by atoms with E-state index in [1.807, 2.05) is 35.2 Å². The highest BCUT2D eigenvalue weighted by Crippen LogP contribution is 2.25. The smallest absolute Gasteiger partial charge is 0.303 e. The molecule has 0 unspecified atom stereocenters. The number of amides is 1. The first kappa shape index (κ1) is 14.6. The summed E-state index contributed by atoms with van der Waals surface area (Å²) in [4.78, 5) is 25.2. The molecule has 1 aromatic rings. The van der Waals surface area contributed by atoms with Crippen LogP contribution in [-0.2, 0) is 9.59 Å². The molecule has 1 aliphatic heterocycles. The van der Waals surface area contributed by atoms with Crippen molar-refractivity contribution >= 4 is 11.9 Å². The molecule has 1 fully saturated rings. The predicted molar refractivity (Wildman–Crippen MR) is 76.5 cm³/mol. The molecular formula is C16H21NO3. The molecule has 1 N–H and O–H groups in total. The van der Waals surface area contributed by atoms with Gasteiger partial charge in [0.05, 0.1) is 6.42 Å². The van der Waals surface area contributed by atoms with Crippen LogP contribution in [0.4, 0.5) is 0 Å². The molecule has 4 nitrogen and oxygen atoms in total. The quantitative estimate of drug-likeness (QED) is 0.898. The van der Waals surface area contributed by atoms with Gasteiger partial charge in [-0.1, -0.05) is 30.3 Å². The standard InChI is InChI=1S/C16H21NO3/c18-15(17-9-5-2-6-10-17)11-14(12-16(19)20)13-7-3-1-4-8-13/h1,3-4,7-8,14H,2,5-6,9-12H2,(H,19,20)/t14-/m1/s1. The average molecular weight is 275 g/mol. The summed E-state index contributed by atoms with van der Waals surface area (Å²) in [5, 5.41) is 9.04. The maximum atomic E-state index is 12.3. The summed E-state index contributed by atoms with van der Waals surface area (Å²) in [6, 6.07) is 9.47. The Labute approximate surface area is 119 Å². The summed E-state index contributed by atoms with van der Waals surface area (Å²) in [6.07, 6.45) is 3.59. The number of piperidine rings is 1. The summed E-state index contributed by atoms with van der Waals surface area (Å²) in [7, 11) is 0. The third kappa shape index (κ3) is 4.08. The number of rotatable bonds is 5. The monoisotopic (exact) mass is 275 g/mol. The molecule has 1 amide bonds. The van der Waals surface area contributed by atoms with Crippen LogP contribution in [0.25, 0.3) is 0 Å². The Bertz CT molecular complexity index is 452. The van der Waals surface area contributed by atoms with E-state index >= 15 is 0 Å². The Morgan fingerprint density at radius 1 is 1.05 bits per heavy atom. The highest BCUT2D eigenvalue weighted by molar-refractivity contribution is 5.78. The summed E-state index contributed by atoms with van der Waals surface area (Å²) in [5.74, 6) is -1.01. The van der Waals surface area contributed by atoms with Crippen LogP contribution in [-0.4, -0.2) is 35.0 Å². The van der Waals surface area contributed by atoms with Crippen molar-refractivity contribution in [2.45, 2.75) is 38.0 Å². The van der Waals surface area contributed by atoms with E-state index in [0.717, 1.165) is 31.5 Å². The van der Waals surface area contributed by atoms with Crippen LogP contribution >= 0.6 is 0 Å². The van der Waals surface area contributed by atoms with Crippen LogP contribution in [0.2, 0.25) is 0 Å². The second-order valence-corrected chi connectivity index (χ2v) is 5.35. The minimum atomic E-state index is -0.856. The van der Waals surface area contributed by atoms with Crippen molar-refractivity contribution in [2.75, 3.05) is 13.1 Å². The number of carbonyl (C=O) groups is 2. The fraction of sp³-hybridized carbons (Fsp3) is 0.500. The lowest BCUT2D eigenvalue weighted by atomic mass is 9.91. The van der Waals surface area contributed by atoms with Gasteiger partial charge in [0.15, 0.2) is 0 Å². The van der Waals surface area contributed by atoms with Crippen LogP contribution < -0.4 is 0 Å². The van der Waals surface area contributed by atoms with Crippen LogP contribution in [0.1, 0.15) is 43.6 Å². The van der Waals surface area contributed by atoms with E-state index in [2.05, 4.69) is 0 Å². The number of carboxylic acids is 1. The molecule has 0 saturated carbocycles. The van der Waals surface area contributed by atoms with Crippen molar-refractivity contribution < 1.29 is 14.7 Å². The minimum absolute atomic E-state index is 0.00356. The van der Waals surface area contributed by atoms with Gasteiger partial charge in [-0.15, -0.1) is 0 Å². The number of benzene rings is 1. The largest absolute Gasteiger partial charge is 0.481 e. The Kier molecular flexibility index (Phi) is 5.16. The molecule has 0 bridgehead atoms. The van der Waals surface area contributed by atoms with E-state index in [1.165, 1.54) is 6.42 Å². The fourth-order valence-electron chi connectivity index (χ4n) is 2.73. The van der Waals surface area contributed by atoms with Gasteiger partial charge in [0.25, 0.3) is 0 Å². The van der Waals surface area contributed by atoms with E-state index in [9.17, 15) is 9.59 Å². The molecule has 0 radical (unpaired) electrons. The first-order valence-electron chi connectivity index (χ1n) is 7.21. The lowest BCUT2D eigenvalue weighted by Crippen LogP contribution is -2.36. The molecule has 1 aromatic carbocycles. The second-order valence-electron chi connectivity index (χ2n) is 5.35. The van der Waals surface area contributed by atoms with Gasteiger partial charge in [0, 0.05) is 25.4 Å². The number of nitrogens with zero attached hydrogens (tertiary/aromatic N) is 1. The van der Waals surface area contributed by atoms with Crippen molar-refractivity contribution in [3.05, 3.63) is 35.9 Å². The van der Waals surface area contributed by atoms with E-state index < -0.39 is 5.97 Å². The number of carbonyl (C=O) groups excluding carboxylic acids is 1. The Morgan fingerprint density at radius 3 is 2.30 bits per heavy atom. The van der Waals surface area contributed by atoms with Crippen molar-refractivity contribution in [3.8, 4) is 0 Å². The van der Waals surface area contributed by atoms with E-state index in [4.69, 9.17) is 5.11 Å². The maximum Gasteiger partial charge on any atom is 0.303 e. The lowest BCUT2D eigenvalue weighted by Gasteiger charge is -2.28. The van der Waals surface area contributed by atoms with Gasteiger partial charge in [-0.25, -0.2) is 0 Å². The van der Waals surface area contributed by atoms with Gasteiger partial charge in [0.2, 0.25) is 5.91 Å². The van der Waals surface area contributed by atoms with Crippen LogP contribution in [0, 0.1) is 0 Å². The molecule has 1 saturated heterocycles. The molecule has 2 rings (SSSR count). The van der Waals surface area contributed by atoms with Crippen molar-refractivity contribution in [3.63, 3.8) is 0 Å². The van der Waals surface area contributed by atoms with Gasteiger partial charge in [-0.05, 0) is 24.8 Å². The highest BCUT2D eigenvalue weighted by atomic mass is 16.4. The number of aliphatic carboxylic acids is 1. The minimum Gasteiger partial charge on any atom is -0.481 e. The Balaban J connectivity index is 2.03. The van der Waals surface area contributed by atoms with Crippen molar-refractivity contribution in [2.24, 2.45) is 0 Å². The van der Waals surface area contributed by atoms with Gasteiger partial charge in [0.1, 0.15) is 0 Å². The molecule has 0 spiro atoms. The molecule has 0 aliphatic carbocycles. The van der Waals surface area contributed by atoms with Gasteiger partial charge >= 0.3 is 5.97 Å². The van der Waals surface area contributed by atoms with E-state index in [1.54, 1.807) is 0 Å². The zero-order valence-electron chi connectivity index (χ0n) is 11.6. The third-order valence-corrected chi connectivity index (χ3v) is 3.82. The number of carboxylic acid groups (broad SMARTS) is 1. The maximum absolute atomic E-state index is 12.3. The number of hydrogen-bond acceptors (Lipinski definition) is 2. The SMILES string of the molecule is O=C(O)C[C@@H](CC(=O)N1CCCCC1)c1ccccc1. The second kappa shape index (κ2) is 7.08. The summed E-state index contributed by atoms with van der Waals surface area (Å²) in [6.45, 7) is 1.63. The summed E-state index contributed by atoms with van der Waals surface area (Å²) >= 11 is 0. The van der Waals surface area contributed by atoms with Crippen LogP contribution in [0.15, 0.2) is 30.3 Å². The first-order valence-corrected chi connectivity index (χ1v) is 7.21. The topological polar surface area (TPSA) is 57.6 Å². The molecule has 0 aromatic heterocycles. The zero-order valence-corrected chi connectivity index (χ0v) is 11.6. The molecule has 4 heteroatoms. The zero-order chi connectivity index (χ0) is 14.4. The van der Waals surface area contributed by atoms with Crippen LogP contribution in [0.5, 0.6) is 0 Å². The molecular weight excluding hydrogens is 254 g/mol. The lowest BCUT2D eigenvalue weighted by molar-refractivity contribution is -0.138. The molecule has 1 heterocycles. The molecule has 1 aliphatic rings. The number of likely N-dealkylation sites (tertiary alicyclic amines) is 1. The first-order chi connectivity index (χ1) is 9.66. The molecule has 1 atom stereocenters. The normalized spacial score (nSPS) is 16.7. The average Bonchev–Trinajstić information content (AvgIpc) is 2.48. The summed E-state index contributed by atoms with van der Waals surface area (Å²) in [5.41, 5.74) is 0.931. The molecule has 108 valence electrons. The van der Waals surface area contributed by atoms with Gasteiger partial charge in [-0.2, -0.15) is 0 Å². The highest BCUT2D eigenvalue weighted by Gasteiger charge is 2.23.